The minimum atomic E-state index is -0.561. The van der Waals surface area contributed by atoms with Crippen molar-refractivity contribution >= 4 is 34.4 Å². The minimum absolute atomic E-state index is 0.502. The van der Waals surface area contributed by atoms with Crippen LogP contribution in [0.3, 0.4) is 0 Å². The van der Waals surface area contributed by atoms with Gasteiger partial charge in [-0.1, -0.05) is 23.7 Å². The van der Waals surface area contributed by atoms with Gasteiger partial charge in [0.05, 0.1) is 16.4 Å². The normalized spacial score (nSPS) is 11.5. The molecule has 0 aliphatic heterocycles. The highest BCUT2D eigenvalue weighted by molar-refractivity contribution is 6.35. The van der Waals surface area contributed by atoms with Gasteiger partial charge in [0.1, 0.15) is 11.2 Å². The monoisotopic (exact) mass is 343 g/mol. The summed E-state index contributed by atoms with van der Waals surface area (Å²) < 4.78 is 7.21. The van der Waals surface area contributed by atoms with E-state index in [9.17, 15) is 4.79 Å². The third-order valence-corrected chi connectivity index (χ3v) is 3.66. The van der Waals surface area contributed by atoms with Crippen LogP contribution in [0.25, 0.3) is 16.7 Å². The predicted octanol–water partition coefficient (Wildman–Crippen LogP) is 5.03. The summed E-state index contributed by atoms with van der Waals surface area (Å²) in [7, 11) is 0. The van der Waals surface area contributed by atoms with E-state index in [0.29, 0.717) is 10.7 Å². The van der Waals surface area contributed by atoms with Crippen LogP contribution in [0.2, 0.25) is 5.02 Å². The number of halogens is 1. The van der Waals surface area contributed by atoms with Crippen LogP contribution in [0.15, 0.2) is 48.8 Å². The maximum atomic E-state index is 12.1. The van der Waals surface area contributed by atoms with Gasteiger partial charge in [-0.3, -0.25) is 9.88 Å². The second-order valence-corrected chi connectivity index (χ2v) is 6.77. The zero-order chi connectivity index (χ0) is 17.3. The highest BCUT2D eigenvalue weighted by Crippen LogP contribution is 2.28. The molecule has 2 aromatic heterocycles. The van der Waals surface area contributed by atoms with Gasteiger partial charge in [-0.2, -0.15) is 0 Å². The highest BCUT2D eigenvalue weighted by Gasteiger charge is 2.18. The quantitative estimate of drug-likeness (QED) is 0.710. The summed E-state index contributed by atoms with van der Waals surface area (Å²) in [5.41, 5.74) is 1.58. The molecule has 0 aliphatic carbocycles. The van der Waals surface area contributed by atoms with Gasteiger partial charge in [0.25, 0.3) is 0 Å². The van der Waals surface area contributed by atoms with Gasteiger partial charge in [-0.05, 0) is 45.0 Å². The molecule has 0 fully saturated rings. The van der Waals surface area contributed by atoms with E-state index in [1.807, 2.05) is 61.9 Å². The Kier molecular flexibility index (Phi) is 4.20. The molecule has 0 aliphatic rings. The first-order valence-electron chi connectivity index (χ1n) is 7.56. The van der Waals surface area contributed by atoms with Gasteiger partial charge in [0.15, 0.2) is 0 Å². The van der Waals surface area contributed by atoms with Crippen molar-refractivity contribution in [2.45, 2.75) is 26.4 Å². The van der Waals surface area contributed by atoms with Gasteiger partial charge in [-0.15, -0.1) is 0 Å². The van der Waals surface area contributed by atoms with Crippen LogP contribution in [0.5, 0.6) is 0 Å². The fraction of sp³-hybridized carbons (Fsp3) is 0.222. The lowest BCUT2D eigenvalue weighted by molar-refractivity contribution is 0.0636. The molecule has 1 aromatic carbocycles. The second-order valence-electron chi connectivity index (χ2n) is 6.36. The maximum absolute atomic E-state index is 12.1. The standard InChI is InChI=1S/C18H18ClN3O2/c1-18(2,3)24-17(23)21-14-6-4-5-7-15(14)22-11-9-12-13(19)8-10-20-16(12)22/h4-11H,1-3H3,(H,21,23). The molecule has 0 saturated heterocycles. The lowest BCUT2D eigenvalue weighted by Gasteiger charge is -2.20. The van der Waals surface area contributed by atoms with Crippen LogP contribution in [-0.2, 0) is 4.74 Å². The van der Waals surface area contributed by atoms with E-state index in [1.54, 1.807) is 12.3 Å². The summed E-state index contributed by atoms with van der Waals surface area (Å²) in [6, 6.07) is 11.1. The molecule has 0 bridgehead atoms. The first-order chi connectivity index (χ1) is 11.3. The first kappa shape index (κ1) is 16.3. The number of rotatable bonds is 2. The van der Waals surface area contributed by atoms with Crippen molar-refractivity contribution in [3.8, 4) is 5.69 Å². The number of carbonyl (C=O) groups is 1. The van der Waals surface area contributed by atoms with Crippen LogP contribution in [-0.4, -0.2) is 21.2 Å². The molecular formula is C18H18ClN3O2. The highest BCUT2D eigenvalue weighted by atomic mass is 35.5. The number of ether oxygens (including phenoxy) is 1. The Morgan fingerprint density at radius 2 is 1.96 bits per heavy atom. The molecule has 1 N–H and O–H groups in total. The van der Waals surface area contributed by atoms with E-state index in [2.05, 4.69) is 10.3 Å². The number of carbonyl (C=O) groups excluding carboxylic acids is 1. The van der Waals surface area contributed by atoms with Crippen LogP contribution in [0.1, 0.15) is 20.8 Å². The summed E-state index contributed by atoms with van der Waals surface area (Å²) in [5.74, 6) is 0. The predicted molar refractivity (Wildman–Crippen MR) is 95.9 cm³/mol. The zero-order valence-electron chi connectivity index (χ0n) is 13.7. The molecule has 0 radical (unpaired) electrons. The summed E-state index contributed by atoms with van der Waals surface area (Å²) in [5, 5.41) is 4.28. The first-order valence-corrected chi connectivity index (χ1v) is 7.94. The van der Waals surface area contributed by atoms with E-state index >= 15 is 0 Å². The van der Waals surface area contributed by atoms with Gasteiger partial charge in [0.2, 0.25) is 0 Å². The SMILES string of the molecule is CC(C)(C)OC(=O)Nc1ccccc1-n1ccc2c(Cl)ccnc21. The number of aromatic nitrogens is 2. The number of nitrogens with zero attached hydrogens (tertiary/aromatic N) is 2. The lowest BCUT2D eigenvalue weighted by Crippen LogP contribution is -2.27. The van der Waals surface area contributed by atoms with E-state index in [0.717, 1.165) is 16.7 Å². The molecule has 3 rings (SSSR count). The summed E-state index contributed by atoms with van der Waals surface area (Å²) in [4.78, 5) is 16.5. The third-order valence-electron chi connectivity index (χ3n) is 3.33. The van der Waals surface area contributed by atoms with Crippen molar-refractivity contribution in [2.24, 2.45) is 0 Å². The number of benzene rings is 1. The molecule has 3 aromatic rings. The number of hydrogen-bond donors (Lipinski definition) is 1. The molecule has 1 amide bonds. The second kappa shape index (κ2) is 6.17. The van der Waals surface area contributed by atoms with Crippen LogP contribution in [0, 0.1) is 0 Å². The van der Waals surface area contributed by atoms with Crippen molar-refractivity contribution in [3.05, 3.63) is 53.8 Å². The Balaban J connectivity index is 2.00. The van der Waals surface area contributed by atoms with Crippen molar-refractivity contribution in [3.63, 3.8) is 0 Å². The molecule has 124 valence electrons. The lowest BCUT2D eigenvalue weighted by atomic mass is 10.2. The fourth-order valence-electron chi connectivity index (χ4n) is 2.40. The Morgan fingerprint density at radius 3 is 2.71 bits per heavy atom. The molecular weight excluding hydrogens is 326 g/mol. The third kappa shape index (κ3) is 3.36. The Bertz CT molecular complexity index is 897. The zero-order valence-corrected chi connectivity index (χ0v) is 14.5. The number of pyridine rings is 1. The van der Waals surface area contributed by atoms with Crippen molar-refractivity contribution in [1.29, 1.82) is 0 Å². The number of anilines is 1. The average molecular weight is 344 g/mol. The van der Waals surface area contributed by atoms with E-state index in [1.165, 1.54) is 0 Å². The smallest absolute Gasteiger partial charge is 0.412 e. The van der Waals surface area contributed by atoms with Gasteiger partial charge in [-0.25, -0.2) is 9.78 Å². The van der Waals surface area contributed by atoms with Crippen molar-refractivity contribution in [1.82, 2.24) is 9.55 Å². The minimum Gasteiger partial charge on any atom is -0.444 e. The van der Waals surface area contributed by atoms with E-state index in [-0.39, 0.29) is 0 Å². The van der Waals surface area contributed by atoms with Gasteiger partial charge >= 0.3 is 6.09 Å². The molecule has 0 saturated carbocycles. The summed E-state index contributed by atoms with van der Waals surface area (Å²) in [6.07, 6.45) is 3.03. The van der Waals surface area contributed by atoms with Gasteiger partial charge in [0, 0.05) is 17.8 Å². The van der Waals surface area contributed by atoms with E-state index in [4.69, 9.17) is 16.3 Å². The Hall–Kier alpha value is -2.53. The number of para-hydroxylation sites is 2. The molecule has 24 heavy (non-hydrogen) atoms. The van der Waals surface area contributed by atoms with Crippen molar-refractivity contribution < 1.29 is 9.53 Å². The number of hydrogen-bond acceptors (Lipinski definition) is 3. The van der Waals surface area contributed by atoms with E-state index < -0.39 is 11.7 Å². The molecule has 0 atom stereocenters. The Labute approximate surface area is 145 Å². The van der Waals surface area contributed by atoms with Gasteiger partial charge < -0.3 is 4.74 Å². The molecule has 0 unspecified atom stereocenters. The van der Waals surface area contributed by atoms with Crippen LogP contribution < -0.4 is 5.32 Å². The molecule has 0 spiro atoms. The molecule has 6 heteroatoms. The van der Waals surface area contributed by atoms with Crippen LogP contribution >= 0.6 is 11.6 Å². The number of fused-ring (bicyclic) bond motifs is 1. The summed E-state index contributed by atoms with van der Waals surface area (Å²) in [6.45, 7) is 5.47. The molecule has 5 nitrogen and oxygen atoms in total. The average Bonchev–Trinajstić information content (AvgIpc) is 2.91. The fourth-order valence-corrected chi connectivity index (χ4v) is 2.61. The summed E-state index contributed by atoms with van der Waals surface area (Å²) >= 11 is 6.21. The van der Waals surface area contributed by atoms with Crippen LogP contribution in [0.4, 0.5) is 10.5 Å². The topological polar surface area (TPSA) is 56.1 Å². The maximum Gasteiger partial charge on any atom is 0.412 e. The largest absolute Gasteiger partial charge is 0.444 e. The number of amides is 1. The number of nitrogens with one attached hydrogen (secondary N) is 1. The molecule has 2 heterocycles. The Morgan fingerprint density at radius 1 is 1.21 bits per heavy atom. The van der Waals surface area contributed by atoms with Crippen molar-refractivity contribution in [2.75, 3.05) is 5.32 Å².